The number of carbonyl (C=O) groups is 1. The van der Waals surface area contributed by atoms with E-state index in [1.165, 1.54) is 0 Å². The summed E-state index contributed by atoms with van der Waals surface area (Å²) in [4.78, 5) is 11.9. The van der Waals surface area contributed by atoms with Crippen LogP contribution in [0.2, 0.25) is 0 Å². The molecule has 4 heteroatoms. The van der Waals surface area contributed by atoms with E-state index in [0.717, 1.165) is 0 Å². The van der Waals surface area contributed by atoms with E-state index in [9.17, 15) is 4.79 Å². The number of carbonyl (C=O) groups excluding carboxylic acids is 1. The van der Waals surface area contributed by atoms with Crippen LogP contribution in [-0.2, 0) is 4.79 Å². The number of benzene rings is 1. The zero-order valence-corrected chi connectivity index (χ0v) is 10.8. The number of amides is 1. The van der Waals surface area contributed by atoms with Crippen LogP contribution in [0.25, 0.3) is 0 Å². The molecule has 0 radical (unpaired) electrons. The van der Waals surface area contributed by atoms with Crippen molar-refractivity contribution < 1.29 is 9.53 Å². The Morgan fingerprint density at radius 2 is 1.94 bits per heavy atom. The second kappa shape index (κ2) is 5.19. The SMILES string of the molecule is COc1ccccc1NC(=O)[C@H](N)C(C)(C)C. The highest BCUT2D eigenvalue weighted by molar-refractivity contribution is 5.96. The molecule has 17 heavy (non-hydrogen) atoms. The third kappa shape index (κ3) is 3.46. The van der Waals surface area contributed by atoms with E-state index < -0.39 is 6.04 Å². The lowest BCUT2D eigenvalue weighted by atomic mass is 9.87. The van der Waals surface area contributed by atoms with Gasteiger partial charge in [0, 0.05) is 0 Å². The van der Waals surface area contributed by atoms with Gasteiger partial charge in [-0.2, -0.15) is 0 Å². The minimum absolute atomic E-state index is 0.206. The van der Waals surface area contributed by atoms with Crippen LogP contribution in [0.1, 0.15) is 20.8 Å². The summed E-state index contributed by atoms with van der Waals surface area (Å²) in [6.07, 6.45) is 0. The molecule has 0 spiro atoms. The van der Waals surface area contributed by atoms with Gasteiger partial charge in [0.15, 0.2) is 0 Å². The third-order valence-corrected chi connectivity index (χ3v) is 2.58. The normalized spacial score (nSPS) is 13.0. The van der Waals surface area contributed by atoms with E-state index in [1.807, 2.05) is 32.9 Å². The molecule has 4 nitrogen and oxygen atoms in total. The molecular weight excluding hydrogens is 216 g/mol. The highest BCUT2D eigenvalue weighted by Crippen LogP contribution is 2.25. The van der Waals surface area contributed by atoms with Crippen molar-refractivity contribution >= 4 is 11.6 Å². The molecule has 1 amide bonds. The number of hydrogen-bond donors (Lipinski definition) is 2. The van der Waals surface area contributed by atoms with Gasteiger partial charge in [0.25, 0.3) is 0 Å². The summed E-state index contributed by atoms with van der Waals surface area (Å²) in [5.74, 6) is 0.420. The predicted molar refractivity (Wildman–Crippen MR) is 69.1 cm³/mol. The molecule has 0 unspecified atom stereocenters. The first-order valence-electron chi connectivity index (χ1n) is 5.55. The number of hydrogen-bond acceptors (Lipinski definition) is 3. The van der Waals surface area contributed by atoms with Gasteiger partial charge in [-0.05, 0) is 17.5 Å². The maximum atomic E-state index is 11.9. The number of para-hydroxylation sites is 2. The molecule has 0 saturated carbocycles. The zero-order chi connectivity index (χ0) is 13.1. The largest absolute Gasteiger partial charge is 0.495 e. The lowest BCUT2D eigenvalue weighted by Crippen LogP contribution is -2.45. The van der Waals surface area contributed by atoms with E-state index in [2.05, 4.69) is 5.32 Å². The Labute approximate surface area is 102 Å². The Hall–Kier alpha value is -1.55. The first kappa shape index (κ1) is 13.5. The zero-order valence-electron chi connectivity index (χ0n) is 10.8. The van der Waals surface area contributed by atoms with Crippen LogP contribution in [0.4, 0.5) is 5.69 Å². The Kier molecular flexibility index (Phi) is 4.12. The molecule has 0 bridgehead atoms. The Bertz CT molecular complexity index is 397. The van der Waals surface area contributed by atoms with Gasteiger partial charge in [0.2, 0.25) is 5.91 Å². The van der Waals surface area contributed by atoms with Crippen molar-refractivity contribution in [1.29, 1.82) is 0 Å². The maximum absolute atomic E-state index is 11.9. The summed E-state index contributed by atoms with van der Waals surface area (Å²) in [6.45, 7) is 5.79. The van der Waals surface area contributed by atoms with Crippen LogP contribution in [0.5, 0.6) is 5.75 Å². The predicted octanol–water partition coefficient (Wildman–Crippen LogP) is 2.01. The highest BCUT2D eigenvalue weighted by Gasteiger charge is 2.27. The van der Waals surface area contributed by atoms with E-state index in [-0.39, 0.29) is 11.3 Å². The van der Waals surface area contributed by atoms with Crippen molar-refractivity contribution in [1.82, 2.24) is 0 Å². The van der Waals surface area contributed by atoms with E-state index in [0.29, 0.717) is 11.4 Å². The number of ether oxygens (including phenoxy) is 1. The van der Waals surface area contributed by atoms with Crippen LogP contribution in [0, 0.1) is 5.41 Å². The molecule has 0 aliphatic rings. The number of rotatable bonds is 3. The summed E-state index contributed by atoms with van der Waals surface area (Å²) < 4.78 is 5.16. The van der Waals surface area contributed by atoms with Crippen molar-refractivity contribution in [3.05, 3.63) is 24.3 Å². The summed E-state index contributed by atoms with van der Waals surface area (Å²) >= 11 is 0. The molecule has 0 aromatic heterocycles. The average molecular weight is 236 g/mol. The number of anilines is 1. The monoisotopic (exact) mass is 236 g/mol. The second-order valence-corrected chi connectivity index (χ2v) is 5.03. The molecule has 0 aliphatic heterocycles. The van der Waals surface area contributed by atoms with Gasteiger partial charge in [-0.1, -0.05) is 32.9 Å². The standard InChI is InChI=1S/C13H20N2O2/c1-13(2,3)11(14)12(16)15-9-7-5-6-8-10(9)17-4/h5-8,11H,14H2,1-4H3,(H,15,16)/t11-/m0/s1. The van der Waals surface area contributed by atoms with Crippen LogP contribution in [-0.4, -0.2) is 19.1 Å². The number of nitrogens with one attached hydrogen (secondary N) is 1. The fourth-order valence-electron chi connectivity index (χ4n) is 1.35. The topological polar surface area (TPSA) is 64.3 Å². The smallest absolute Gasteiger partial charge is 0.241 e. The third-order valence-electron chi connectivity index (χ3n) is 2.58. The molecule has 0 aliphatic carbocycles. The molecule has 1 atom stereocenters. The Balaban J connectivity index is 2.81. The quantitative estimate of drug-likeness (QED) is 0.843. The fourth-order valence-corrected chi connectivity index (χ4v) is 1.35. The van der Waals surface area contributed by atoms with Crippen LogP contribution < -0.4 is 15.8 Å². The van der Waals surface area contributed by atoms with Crippen LogP contribution in [0.3, 0.4) is 0 Å². The van der Waals surface area contributed by atoms with Gasteiger partial charge < -0.3 is 15.8 Å². The van der Waals surface area contributed by atoms with E-state index in [4.69, 9.17) is 10.5 Å². The number of nitrogens with two attached hydrogens (primary N) is 1. The van der Waals surface area contributed by atoms with Gasteiger partial charge in [-0.3, -0.25) is 4.79 Å². The van der Waals surface area contributed by atoms with Gasteiger partial charge in [-0.15, -0.1) is 0 Å². The first-order chi connectivity index (χ1) is 7.86. The van der Waals surface area contributed by atoms with Crippen molar-refractivity contribution in [2.24, 2.45) is 11.1 Å². The Morgan fingerprint density at radius 3 is 2.47 bits per heavy atom. The van der Waals surface area contributed by atoms with Gasteiger partial charge >= 0.3 is 0 Å². The molecule has 1 aromatic rings. The maximum Gasteiger partial charge on any atom is 0.241 e. The van der Waals surface area contributed by atoms with Gasteiger partial charge in [0.1, 0.15) is 5.75 Å². The lowest BCUT2D eigenvalue weighted by Gasteiger charge is -2.26. The summed E-state index contributed by atoms with van der Waals surface area (Å²) in [6, 6.07) is 6.69. The van der Waals surface area contributed by atoms with Crippen LogP contribution >= 0.6 is 0 Å². The molecular formula is C13H20N2O2. The van der Waals surface area contributed by atoms with Crippen molar-refractivity contribution in [3.63, 3.8) is 0 Å². The molecule has 1 rings (SSSR count). The Morgan fingerprint density at radius 1 is 1.35 bits per heavy atom. The summed E-state index contributed by atoms with van der Waals surface area (Å²) in [5, 5.41) is 2.78. The van der Waals surface area contributed by atoms with Crippen molar-refractivity contribution in [2.75, 3.05) is 12.4 Å². The molecule has 1 aromatic carbocycles. The lowest BCUT2D eigenvalue weighted by molar-refractivity contribution is -0.119. The first-order valence-corrected chi connectivity index (χ1v) is 5.55. The summed E-state index contributed by atoms with van der Waals surface area (Å²) in [7, 11) is 1.56. The average Bonchev–Trinajstić information content (AvgIpc) is 2.27. The molecule has 0 fully saturated rings. The van der Waals surface area contributed by atoms with E-state index >= 15 is 0 Å². The molecule has 94 valence electrons. The van der Waals surface area contributed by atoms with Gasteiger partial charge in [0.05, 0.1) is 18.8 Å². The van der Waals surface area contributed by atoms with Crippen LogP contribution in [0.15, 0.2) is 24.3 Å². The second-order valence-electron chi connectivity index (χ2n) is 5.03. The number of methoxy groups -OCH3 is 1. The van der Waals surface area contributed by atoms with Crippen molar-refractivity contribution in [2.45, 2.75) is 26.8 Å². The molecule has 3 N–H and O–H groups in total. The minimum atomic E-state index is -0.563. The summed E-state index contributed by atoms with van der Waals surface area (Å²) in [5.41, 5.74) is 6.25. The highest BCUT2D eigenvalue weighted by atomic mass is 16.5. The van der Waals surface area contributed by atoms with Gasteiger partial charge in [-0.25, -0.2) is 0 Å². The fraction of sp³-hybridized carbons (Fsp3) is 0.462. The molecule has 0 saturated heterocycles. The van der Waals surface area contributed by atoms with E-state index in [1.54, 1.807) is 19.2 Å². The molecule has 0 heterocycles. The van der Waals surface area contributed by atoms with Crippen molar-refractivity contribution in [3.8, 4) is 5.75 Å². The minimum Gasteiger partial charge on any atom is -0.495 e.